The van der Waals surface area contributed by atoms with Gasteiger partial charge in [0.2, 0.25) is 5.12 Å². The largest absolute Gasteiger partial charge is 0.423 e. The summed E-state index contributed by atoms with van der Waals surface area (Å²) >= 11 is 7.60. The average Bonchev–Trinajstić information content (AvgIpc) is 2.57. The SMILES string of the molecule is CC(I)(CI)C(=O)SCCCCSc1cc(=O)oc2ccccc12. The number of halogens is 2. The number of fused-ring (bicyclic) bond motifs is 1. The molecule has 24 heavy (non-hydrogen) atoms. The van der Waals surface area contributed by atoms with Crippen molar-refractivity contribution in [3.05, 3.63) is 40.8 Å². The highest BCUT2D eigenvalue weighted by Crippen LogP contribution is 2.29. The number of thioether (sulfide) groups is 2. The summed E-state index contributed by atoms with van der Waals surface area (Å²) in [5, 5.41) is 1.24. The van der Waals surface area contributed by atoms with Gasteiger partial charge in [0.1, 0.15) is 5.58 Å². The molecule has 130 valence electrons. The molecule has 2 aromatic rings. The third-order valence-corrected chi connectivity index (χ3v) is 9.89. The molecule has 0 spiro atoms. The summed E-state index contributed by atoms with van der Waals surface area (Å²) in [5.74, 6) is 1.78. The number of unbranched alkanes of at least 4 members (excludes halogenated alkanes) is 1. The van der Waals surface area contributed by atoms with Crippen LogP contribution in [0.3, 0.4) is 0 Å². The second-order valence-corrected chi connectivity index (χ2v) is 10.8. The molecule has 1 atom stereocenters. The molecule has 1 aromatic heterocycles. The number of carbonyl (C=O) groups is 1. The van der Waals surface area contributed by atoms with Gasteiger partial charge in [0, 0.05) is 26.5 Å². The molecule has 0 saturated carbocycles. The third kappa shape index (κ3) is 5.91. The lowest BCUT2D eigenvalue weighted by atomic mass is 10.2. The van der Waals surface area contributed by atoms with Crippen molar-refractivity contribution in [2.75, 3.05) is 15.9 Å². The summed E-state index contributed by atoms with van der Waals surface area (Å²) < 4.78 is 5.77. The molecule has 0 amide bonds. The van der Waals surface area contributed by atoms with Gasteiger partial charge in [0.25, 0.3) is 0 Å². The number of alkyl halides is 2. The fourth-order valence-electron chi connectivity index (χ4n) is 1.96. The highest BCUT2D eigenvalue weighted by atomic mass is 127. The smallest absolute Gasteiger partial charge is 0.337 e. The molecule has 2 rings (SSSR count). The zero-order valence-corrected chi connectivity index (χ0v) is 19.2. The molecule has 0 aliphatic carbocycles. The van der Waals surface area contributed by atoms with Gasteiger partial charge in [0.05, 0.1) is 3.42 Å². The number of carbonyl (C=O) groups excluding carboxylic acids is 1. The van der Waals surface area contributed by atoms with E-state index in [1.165, 1.54) is 11.8 Å². The Bertz CT molecular complexity index is 759. The second-order valence-electron chi connectivity index (χ2n) is 5.45. The van der Waals surface area contributed by atoms with Gasteiger partial charge >= 0.3 is 5.63 Å². The van der Waals surface area contributed by atoms with Crippen molar-refractivity contribution in [3.63, 3.8) is 0 Å². The van der Waals surface area contributed by atoms with E-state index in [0.717, 1.165) is 39.1 Å². The third-order valence-electron chi connectivity index (χ3n) is 3.32. The molecule has 0 saturated heterocycles. The Morgan fingerprint density at radius 1 is 1.25 bits per heavy atom. The van der Waals surface area contributed by atoms with Gasteiger partial charge in [-0.05, 0) is 31.6 Å². The molecule has 7 heteroatoms. The maximum Gasteiger partial charge on any atom is 0.337 e. The molecule has 1 aromatic carbocycles. The first-order valence-electron chi connectivity index (χ1n) is 7.52. The summed E-state index contributed by atoms with van der Waals surface area (Å²) in [6, 6.07) is 9.16. The van der Waals surface area contributed by atoms with E-state index in [0.29, 0.717) is 5.58 Å². The number of benzene rings is 1. The van der Waals surface area contributed by atoms with E-state index in [-0.39, 0.29) is 14.2 Å². The van der Waals surface area contributed by atoms with Crippen LogP contribution in [0, 0.1) is 0 Å². The van der Waals surface area contributed by atoms with Crippen molar-refractivity contribution < 1.29 is 9.21 Å². The first-order chi connectivity index (χ1) is 11.4. The summed E-state index contributed by atoms with van der Waals surface area (Å²) in [5.41, 5.74) is 0.325. The average molecular weight is 588 g/mol. The zero-order chi connectivity index (χ0) is 17.6. The first-order valence-corrected chi connectivity index (χ1v) is 12.1. The lowest BCUT2D eigenvalue weighted by Crippen LogP contribution is -2.27. The molecule has 0 aliphatic rings. The van der Waals surface area contributed by atoms with Crippen molar-refractivity contribution >= 4 is 84.8 Å². The van der Waals surface area contributed by atoms with Crippen LogP contribution < -0.4 is 5.63 Å². The zero-order valence-electron chi connectivity index (χ0n) is 13.2. The molecule has 0 fully saturated rings. The van der Waals surface area contributed by atoms with Gasteiger partial charge in [0.15, 0.2) is 0 Å². The molecule has 0 radical (unpaired) electrons. The Labute approximate surface area is 177 Å². The monoisotopic (exact) mass is 588 g/mol. The van der Waals surface area contributed by atoms with Crippen LogP contribution in [-0.2, 0) is 4.79 Å². The predicted molar refractivity (Wildman–Crippen MR) is 121 cm³/mol. The van der Waals surface area contributed by atoms with Gasteiger partial charge in [-0.25, -0.2) is 4.79 Å². The van der Waals surface area contributed by atoms with E-state index in [9.17, 15) is 9.59 Å². The molecule has 0 bridgehead atoms. The predicted octanol–water partition coefficient (Wildman–Crippen LogP) is 5.55. The van der Waals surface area contributed by atoms with E-state index >= 15 is 0 Å². The van der Waals surface area contributed by atoms with Gasteiger partial charge in [-0.2, -0.15) is 0 Å². The van der Waals surface area contributed by atoms with E-state index < -0.39 is 0 Å². The maximum absolute atomic E-state index is 12.0. The summed E-state index contributed by atoms with van der Waals surface area (Å²) in [4.78, 5) is 24.6. The molecular formula is C17H18I2O3S2. The molecule has 1 unspecified atom stereocenters. The number of hydrogen-bond acceptors (Lipinski definition) is 5. The van der Waals surface area contributed by atoms with E-state index in [2.05, 4.69) is 45.2 Å². The number of para-hydroxylation sites is 1. The topological polar surface area (TPSA) is 47.3 Å². The summed E-state index contributed by atoms with van der Waals surface area (Å²) in [6.45, 7) is 1.98. The molecular weight excluding hydrogens is 570 g/mol. The summed E-state index contributed by atoms with van der Waals surface area (Å²) in [6.07, 6.45) is 2.01. The van der Waals surface area contributed by atoms with E-state index in [1.807, 2.05) is 31.2 Å². The number of hydrogen-bond donors (Lipinski definition) is 0. The van der Waals surface area contributed by atoms with Gasteiger partial charge < -0.3 is 4.42 Å². The van der Waals surface area contributed by atoms with Crippen LogP contribution in [0.1, 0.15) is 19.8 Å². The van der Waals surface area contributed by atoms with Gasteiger partial charge in [-0.15, -0.1) is 11.8 Å². The van der Waals surface area contributed by atoms with Crippen LogP contribution in [0.4, 0.5) is 0 Å². The van der Waals surface area contributed by atoms with Crippen LogP contribution >= 0.6 is 68.7 Å². The van der Waals surface area contributed by atoms with Crippen molar-refractivity contribution in [1.29, 1.82) is 0 Å². The quantitative estimate of drug-likeness (QED) is 0.133. The fourth-order valence-corrected chi connectivity index (χ4v) is 5.01. The molecule has 0 aliphatic heterocycles. The summed E-state index contributed by atoms with van der Waals surface area (Å²) in [7, 11) is 0. The van der Waals surface area contributed by atoms with E-state index in [1.54, 1.807) is 17.8 Å². The van der Waals surface area contributed by atoms with Crippen LogP contribution in [0.15, 0.2) is 44.4 Å². The highest BCUT2D eigenvalue weighted by molar-refractivity contribution is 14.1. The lowest BCUT2D eigenvalue weighted by Gasteiger charge is -2.16. The van der Waals surface area contributed by atoms with Crippen LogP contribution in [0.25, 0.3) is 11.0 Å². The minimum Gasteiger partial charge on any atom is -0.423 e. The Morgan fingerprint density at radius 3 is 2.71 bits per heavy atom. The van der Waals surface area contributed by atoms with Crippen LogP contribution in [-0.4, -0.2) is 24.5 Å². The first kappa shape index (κ1) is 20.6. The minimum absolute atomic E-state index is 0.261. The van der Waals surface area contributed by atoms with Crippen molar-refractivity contribution in [1.82, 2.24) is 0 Å². The molecule has 1 heterocycles. The fraction of sp³-hybridized carbons (Fsp3) is 0.412. The van der Waals surface area contributed by atoms with Crippen molar-refractivity contribution in [2.24, 2.45) is 0 Å². The highest BCUT2D eigenvalue weighted by Gasteiger charge is 2.28. The minimum atomic E-state index is -0.308. The Hall–Kier alpha value is 0.260. The Kier molecular flexibility index (Phi) is 8.42. The standard InChI is InChI=1S/C17H18I2O3S2/c1-17(19,11-18)16(21)24-9-5-4-8-23-14-10-15(20)22-13-7-3-2-6-12(13)14/h2-3,6-7,10H,4-5,8-9,11H2,1H3. The molecule has 0 N–H and O–H groups in total. The van der Waals surface area contributed by atoms with Gasteiger partial charge in [-0.1, -0.05) is 75.1 Å². The Balaban J connectivity index is 1.79. The normalized spacial score (nSPS) is 13.8. The van der Waals surface area contributed by atoms with Crippen LogP contribution in [0.2, 0.25) is 0 Å². The van der Waals surface area contributed by atoms with E-state index in [4.69, 9.17) is 4.42 Å². The van der Waals surface area contributed by atoms with Crippen LogP contribution in [0.5, 0.6) is 0 Å². The number of rotatable bonds is 8. The second kappa shape index (κ2) is 9.82. The maximum atomic E-state index is 12.0. The molecule has 3 nitrogen and oxygen atoms in total. The lowest BCUT2D eigenvalue weighted by molar-refractivity contribution is -0.111. The van der Waals surface area contributed by atoms with Crippen molar-refractivity contribution in [2.45, 2.75) is 28.1 Å². The van der Waals surface area contributed by atoms with Gasteiger partial charge in [-0.3, -0.25) is 4.79 Å². The Morgan fingerprint density at radius 2 is 1.96 bits per heavy atom. The van der Waals surface area contributed by atoms with Crippen molar-refractivity contribution in [3.8, 4) is 0 Å².